The molecule has 0 spiro atoms. The highest BCUT2D eigenvalue weighted by Gasteiger charge is 2.19. The molecule has 0 aliphatic carbocycles. The molecule has 3 N–H and O–H groups in total. The van der Waals surface area contributed by atoms with Gasteiger partial charge in [-0.15, -0.1) is 0 Å². The van der Waals surface area contributed by atoms with E-state index in [0.717, 1.165) is 5.56 Å². The summed E-state index contributed by atoms with van der Waals surface area (Å²) in [5.74, 6) is 1.53. The molecule has 0 unspecified atom stereocenters. The van der Waals surface area contributed by atoms with Crippen molar-refractivity contribution in [2.75, 3.05) is 31.3 Å². The number of aliphatic hydroxyl groups excluding tert-OH is 1. The minimum atomic E-state index is -0.417. The van der Waals surface area contributed by atoms with Gasteiger partial charge in [-0.05, 0) is 30.7 Å². The third kappa shape index (κ3) is 5.59. The molecule has 0 aliphatic heterocycles. The number of aryl methyl sites for hydroxylation is 1. The normalized spacial score (nSPS) is 11.7. The van der Waals surface area contributed by atoms with E-state index in [0.29, 0.717) is 39.3 Å². The van der Waals surface area contributed by atoms with Crippen LogP contribution in [-0.2, 0) is 0 Å². The lowest BCUT2D eigenvalue weighted by Gasteiger charge is -2.19. The molecular formula is C25H25ClN6O3. The van der Waals surface area contributed by atoms with Crippen molar-refractivity contribution < 1.29 is 14.3 Å². The number of hydrogen-bond acceptors (Lipinski definition) is 8. The summed E-state index contributed by atoms with van der Waals surface area (Å²) in [6.07, 6.45) is 3.21. The summed E-state index contributed by atoms with van der Waals surface area (Å²) in [5, 5.41) is 16.7. The second-order valence-electron chi connectivity index (χ2n) is 8.04. The van der Waals surface area contributed by atoms with E-state index in [1.165, 1.54) is 4.90 Å². The number of hydrogen-bond donors (Lipinski definition) is 3. The SMILES string of the molecule is Cc1cnc(-c2cnc(Nc3ccc(C(=O)N(C)C)c(Cl)c3)nc2N[C@H](CO)c2ccccc2)o1. The quantitative estimate of drug-likeness (QED) is 0.324. The van der Waals surface area contributed by atoms with Gasteiger partial charge in [0.05, 0.1) is 35.0 Å². The molecule has 0 fully saturated rings. The molecule has 0 saturated carbocycles. The molecule has 9 nitrogen and oxygen atoms in total. The van der Waals surface area contributed by atoms with Crippen molar-refractivity contribution in [3.05, 3.63) is 82.8 Å². The molecule has 1 atom stereocenters. The van der Waals surface area contributed by atoms with Gasteiger partial charge in [0, 0.05) is 26.0 Å². The van der Waals surface area contributed by atoms with Gasteiger partial charge in [0.2, 0.25) is 11.8 Å². The minimum absolute atomic E-state index is 0.155. The van der Waals surface area contributed by atoms with Crippen LogP contribution >= 0.6 is 11.6 Å². The predicted molar refractivity (Wildman–Crippen MR) is 135 cm³/mol. The zero-order valence-electron chi connectivity index (χ0n) is 19.5. The second-order valence-corrected chi connectivity index (χ2v) is 8.45. The molecule has 0 radical (unpaired) electrons. The van der Waals surface area contributed by atoms with E-state index in [2.05, 4.69) is 25.6 Å². The van der Waals surface area contributed by atoms with Crippen LogP contribution < -0.4 is 10.6 Å². The van der Waals surface area contributed by atoms with Gasteiger partial charge in [0.15, 0.2) is 0 Å². The highest BCUT2D eigenvalue weighted by atomic mass is 35.5. The van der Waals surface area contributed by atoms with Crippen LogP contribution in [0.2, 0.25) is 5.02 Å². The first-order chi connectivity index (χ1) is 16.9. The number of carbonyl (C=O) groups excluding carboxylic acids is 1. The minimum Gasteiger partial charge on any atom is -0.441 e. The van der Waals surface area contributed by atoms with Crippen molar-refractivity contribution in [3.8, 4) is 11.5 Å². The molecule has 4 rings (SSSR count). The fourth-order valence-electron chi connectivity index (χ4n) is 3.41. The molecule has 180 valence electrons. The van der Waals surface area contributed by atoms with Crippen molar-refractivity contribution in [2.24, 2.45) is 0 Å². The van der Waals surface area contributed by atoms with Crippen molar-refractivity contribution >= 4 is 35.0 Å². The summed E-state index contributed by atoms with van der Waals surface area (Å²) in [6.45, 7) is 1.65. The highest BCUT2D eigenvalue weighted by molar-refractivity contribution is 6.34. The van der Waals surface area contributed by atoms with E-state index in [4.69, 9.17) is 16.0 Å². The van der Waals surface area contributed by atoms with Gasteiger partial charge in [-0.3, -0.25) is 4.79 Å². The summed E-state index contributed by atoms with van der Waals surface area (Å²) in [6, 6.07) is 14.1. The molecular weight excluding hydrogens is 468 g/mol. The Labute approximate surface area is 207 Å². The summed E-state index contributed by atoms with van der Waals surface area (Å²) >= 11 is 6.34. The number of benzene rings is 2. The van der Waals surface area contributed by atoms with E-state index < -0.39 is 6.04 Å². The number of aliphatic hydroxyl groups is 1. The zero-order chi connectivity index (χ0) is 24.9. The highest BCUT2D eigenvalue weighted by Crippen LogP contribution is 2.30. The Morgan fingerprint density at radius 2 is 1.91 bits per heavy atom. The van der Waals surface area contributed by atoms with Gasteiger partial charge in [0.25, 0.3) is 5.91 Å². The smallest absolute Gasteiger partial charge is 0.254 e. The number of amides is 1. The number of aromatic nitrogens is 3. The summed E-state index contributed by atoms with van der Waals surface area (Å²) in [7, 11) is 3.33. The van der Waals surface area contributed by atoms with Crippen LogP contribution in [-0.4, -0.2) is 51.6 Å². The predicted octanol–water partition coefficient (Wildman–Crippen LogP) is 4.68. The third-order valence-corrected chi connectivity index (χ3v) is 5.51. The zero-order valence-corrected chi connectivity index (χ0v) is 20.2. The Kier molecular flexibility index (Phi) is 7.28. The molecule has 35 heavy (non-hydrogen) atoms. The van der Waals surface area contributed by atoms with Crippen LogP contribution in [0.15, 0.2) is 65.3 Å². The standard InChI is InChI=1S/C25H25ClN6O3/c1-15-12-27-23(35-15)19-13-28-25(29-17-9-10-18(20(26)11-17)24(34)32(2)3)31-22(19)30-21(14-33)16-7-5-4-6-8-16/h4-13,21,33H,14H2,1-3H3,(H2,28,29,30,31)/t21-/m1/s1. The Bertz CT molecular complexity index is 1330. The van der Waals surface area contributed by atoms with E-state index in [1.807, 2.05) is 30.3 Å². The lowest BCUT2D eigenvalue weighted by atomic mass is 10.1. The molecule has 10 heteroatoms. The van der Waals surface area contributed by atoms with Gasteiger partial charge in [-0.25, -0.2) is 9.97 Å². The van der Waals surface area contributed by atoms with E-state index >= 15 is 0 Å². The maximum Gasteiger partial charge on any atom is 0.254 e. The van der Waals surface area contributed by atoms with Gasteiger partial charge in [-0.2, -0.15) is 4.98 Å². The Morgan fingerprint density at radius 1 is 1.14 bits per heavy atom. The molecule has 2 aromatic heterocycles. The first kappa shape index (κ1) is 24.2. The van der Waals surface area contributed by atoms with Crippen LogP contribution in [0.1, 0.15) is 27.7 Å². The lowest BCUT2D eigenvalue weighted by Crippen LogP contribution is -2.22. The number of halogens is 1. The van der Waals surface area contributed by atoms with Crippen LogP contribution in [0.25, 0.3) is 11.5 Å². The Morgan fingerprint density at radius 3 is 2.54 bits per heavy atom. The van der Waals surface area contributed by atoms with Crippen molar-refractivity contribution in [1.82, 2.24) is 19.9 Å². The van der Waals surface area contributed by atoms with Crippen LogP contribution in [0.5, 0.6) is 0 Å². The first-order valence-corrected chi connectivity index (χ1v) is 11.2. The Hall–Kier alpha value is -3.95. The average molecular weight is 493 g/mol. The van der Waals surface area contributed by atoms with Crippen LogP contribution in [0.3, 0.4) is 0 Å². The molecule has 4 aromatic rings. The van der Waals surface area contributed by atoms with Gasteiger partial charge in [-0.1, -0.05) is 41.9 Å². The van der Waals surface area contributed by atoms with Gasteiger partial charge in [0.1, 0.15) is 11.6 Å². The largest absolute Gasteiger partial charge is 0.441 e. The second kappa shape index (κ2) is 10.5. The maximum absolute atomic E-state index is 12.3. The fraction of sp³-hybridized carbons (Fsp3) is 0.200. The number of nitrogens with zero attached hydrogens (tertiary/aromatic N) is 4. The molecule has 0 bridgehead atoms. The van der Waals surface area contributed by atoms with E-state index in [-0.39, 0.29) is 18.5 Å². The molecule has 0 saturated heterocycles. The number of carbonyl (C=O) groups is 1. The van der Waals surface area contributed by atoms with Crippen molar-refractivity contribution in [1.29, 1.82) is 0 Å². The molecule has 2 aromatic carbocycles. The summed E-state index contributed by atoms with van der Waals surface area (Å²) < 4.78 is 5.69. The summed E-state index contributed by atoms with van der Waals surface area (Å²) in [5.41, 5.74) is 2.44. The lowest BCUT2D eigenvalue weighted by molar-refractivity contribution is 0.0828. The van der Waals surface area contributed by atoms with Gasteiger partial charge >= 0.3 is 0 Å². The monoisotopic (exact) mass is 492 g/mol. The Balaban J connectivity index is 1.66. The third-order valence-electron chi connectivity index (χ3n) is 5.20. The maximum atomic E-state index is 12.3. The van der Waals surface area contributed by atoms with Crippen LogP contribution in [0, 0.1) is 6.92 Å². The number of anilines is 3. The molecule has 2 heterocycles. The average Bonchev–Trinajstić information content (AvgIpc) is 3.28. The van der Waals surface area contributed by atoms with Crippen molar-refractivity contribution in [3.63, 3.8) is 0 Å². The van der Waals surface area contributed by atoms with Crippen LogP contribution in [0.4, 0.5) is 17.5 Å². The topological polar surface area (TPSA) is 116 Å². The number of nitrogens with one attached hydrogen (secondary N) is 2. The van der Waals surface area contributed by atoms with E-state index in [1.54, 1.807) is 51.6 Å². The van der Waals surface area contributed by atoms with Gasteiger partial charge < -0.3 is 25.1 Å². The number of oxazole rings is 1. The first-order valence-electron chi connectivity index (χ1n) is 10.9. The van der Waals surface area contributed by atoms with E-state index in [9.17, 15) is 9.90 Å². The number of rotatable bonds is 8. The molecule has 1 amide bonds. The summed E-state index contributed by atoms with van der Waals surface area (Å²) in [4.78, 5) is 27.0. The fourth-order valence-corrected chi connectivity index (χ4v) is 3.67. The molecule has 0 aliphatic rings. The van der Waals surface area contributed by atoms with Crippen molar-refractivity contribution in [2.45, 2.75) is 13.0 Å².